The van der Waals surface area contributed by atoms with Crippen LogP contribution in [0, 0.1) is 0 Å². The lowest BCUT2D eigenvalue weighted by Crippen LogP contribution is -2.40. The van der Waals surface area contributed by atoms with Gasteiger partial charge in [-0.3, -0.25) is 4.90 Å². The maximum absolute atomic E-state index is 6.61. The van der Waals surface area contributed by atoms with Crippen molar-refractivity contribution in [1.29, 1.82) is 0 Å². The van der Waals surface area contributed by atoms with Crippen LogP contribution in [-0.4, -0.2) is 30.6 Å². The number of rotatable bonds is 6. The molecule has 1 heterocycles. The average molecular weight is 296 g/mol. The summed E-state index contributed by atoms with van der Waals surface area (Å²) >= 11 is 6.61. The van der Waals surface area contributed by atoms with Gasteiger partial charge in [-0.05, 0) is 50.4 Å². The fourth-order valence-corrected chi connectivity index (χ4v) is 3.34. The van der Waals surface area contributed by atoms with E-state index in [4.69, 9.17) is 16.3 Å². The van der Waals surface area contributed by atoms with E-state index in [9.17, 15) is 0 Å². The minimum Gasteiger partial charge on any atom is -0.494 e. The van der Waals surface area contributed by atoms with E-state index in [2.05, 4.69) is 24.0 Å². The van der Waals surface area contributed by atoms with E-state index in [-0.39, 0.29) is 5.38 Å². The van der Waals surface area contributed by atoms with Crippen LogP contribution in [0.5, 0.6) is 5.75 Å². The van der Waals surface area contributed by atoms with E-state index >= 15 is 0 Å². The number of alkyl halides is 1. The van der Waals surface area contributed by atoms with Crippen molar-refractivity contribution in [3.63, 3.8) is 0 Å². The lowest BCUT2D eigenvalue weighted by molar-refractivity contribution is 0.144. The number of hydrogen-bond donors (Lipinski definition) is 0. The monoisotopic (exact) mass is 295 g/mol. The number of ether oxygens (including phenoxy) is 1. The number of halogens is 1. The minimum atomic E-state index is 0.0674. The van der Waals surface area contributed by atoms with Crippen LogP contribution in [0.15, 0.2) is 24.3 Å². The molecule has 2 atom stereocenters. The summed E-state index contributed by atoms with van der Waals surface area (Å²) in [6.45, 7) is 7.13. The second-order valence-electron chi connectivity index (χ2n) is 5.52. The van der Waals surface area contributed by atoms with Gasteiger partial charge in [0.2, 0.25) is 0 Å². The van der Waals surface area contributed by atoms with Crippen molar-refractivity contribution in [2.45, 2.75) is 50.9 Å². The number of nitrogens with zero attached hydrogens (tertiary/aromatic N) is 1. The molecule has 0 radical (unpaired) electrons. The topological polar surface area (TPSA) is 12.5 Å². The molecule has 0 aliphatic carbocycles. The highest BCUT2D eigenvalue weighted by molar-refractivity contribution is 6.21. The Bertz CT molecular complexity index is 392. The molecule has 1 aliphatic heterocycles. The quantitative estimate of drug-likeness (QED) is 0.710. The number of piperidine rings is 1. The van der Waals surface area contributed by atoms with Crippen molar-refractivity contribution < 1.29 is 4.74 Å². The van der Waals surface area contributed by atoms with Crippen LogP contribution in [0.3, 0.4) is 0 Å². The van der Waals surface area contributed by atoms with Crippen molar-refractivity contribution in [3.05, 3.63) is 29.8 Å². The van der Waals surface area contributed by atoms with Crippen molar-refractivity contribution in [2.24, 2.45) is 0 Å². The third-order valence-corrected chi connectivity index (χ3v) is 4.56. The van der Waals surface area contributed by atoms with Gasteiger partial charge < -0.3 is 4.74 Å². The summed E-state index contributed by atoms with van der Waals surface area (Å²) in [4.78, 5) is 2.57. The summed E-state index contributed by atoms with van der Waals surface area (Å²) in [5.41, 5.74) is 1.19. The fraction of sp³-hybridized carbons (Fsp3) is 0.647. The molecule has 20 heavy (non-hydrogen) atoms. The molecular formula is C17H26ClNO. The molecule has 0 amide bonds. The lowest BCUT2D eigenvalue weighted by Gasteiger charge is -2.36. The Hall–Kier alpha value is -0.730. The highest BCUT2D eigenvalue weighted by Gasteiger charge is 2.23. The summed E-state index contributed by atoms with van der Waals surface area (Å²) in [5, 5.41) is 0.0674. The molecular weight excluding hydrogens is 270 g/mol. The molecule has 2 nitrogen and oxygen atoms in total. The van der Waals surface area contributed by atoms with Gasteiger partial charge in [0.25, 0.3) is 0 Å². The van der Waals surface area contributed by atoms with Crippen LogP contribution in [0.4, 0.5) is 0 Å². The van der Waals surface area contributed by atoms with E-state index < -0.39 is 0 Å². The van der Waals surface area contributed by atoms with Crippen LogP contribution >= 0.6 is 11.6 Å². The van der Waals surface area contributed by atoms with E-state index in [0.29, 0.717) is 12.6 Å². The van der Waals surface area contributed by atoms with Gasteiger partial charge in [-0.15, -0.1) is 11.6 Å². The molecule has 1 aliphatic rings. The van der Waals surface area contributed by atoms with Gasteiger partial charge in [-0.25, -0.2) is 0 Å². The summed E-state index contributed by atoms with van der Waals surface area (Å²) in [6.07, 6.45) is 5.23. The van der Waals surface area contributed by atoms with E-state index in [0.717, 1.165) is 12.3 Å². The highest BCUT2D eigenvalue weighted by Crippen LogP contribution is 2.28. The van der Waals surface area contributed by atoms with E-state index in [1.165, 1.54) is 37.8 Å². The first kappa shape index (κ1) is 15.7. The van der Waals surface area contributed by atoms with Gasteiger partial charge in [0.1, 0.15) is 5.75 Å². The predicted octanol–water partition coefficient (Wildman–Crippen LogP) is 4.63. The predicted molar refractivity (Wildman–Crippen MR) is 85.7 cm³/mol. The van der Waals surface area contributed by atoms with E-state index in [1.807, 2.05) is 19.1 Å². The highest BCUT2D eigenvalue weighted by atomic mass is 35.5. The molecule has 0 aromatic heterocycles. The molecule has 2 rings (SSSR count). The van der Waals surface area contributed by atoms with Crippen molar-refractivity contribution >= 4 is 11.6 Å². The summed E-state index contributed by atoms with van der Waals surface area (Å²) in [5.74, 6) is 0.921. The zero-order chi connectivity index (χ0) is 14.4. The first-order chi connectivity index (χ1) is 9.74. The van der Waals surface area contributed by atoms with Crippen molar-refractivity contribution in [1.82, 2.24) is 4.90 Å². The van der Waals surface area contributed by atoms with Gasteiger partial charge in [0, 0.05) is 12.6 Å². The number of likely N-dealkylation sites (tertiary alicyclic amines) is 1. The van der Waals surface area contributed by atoms with Crippen LogP contribution in [-0.2, 0) is 0 Å². The summed E-state index contributed by atoms with van der Waals surface area (Å²) in [7, 11) is 0. The molecule has 2 unspecified atom stereocenters. The number of benzene rings is 1. The molecule has 1 aromatic rings. The molecule has 0 N–H and O–H groups in total. The molecule has 1 fully saturated rings. The van der Waals surface area contributed by atoms with Gasteiger partial charge in [0.15, 0.2) is 0 Å². The number of hydrogen-bond acceptors (Lipinski definition) is 2. The molecule has 0 bridgehead atoms. The second kappa shape index (κ2) is 7.90. The fourth-order valence-electron chi connectivity index (χ4n) is 3.01. The zero-order valence-electron chi connectivity index (χ0n) is 12.6. The normalized spacial score (nSPS) is 21.6. The van der Waals surface area contributed by atoms with Crippen LogP contribution in [0.25, 0.3) is 0 Å². The molecule has 1 aromatic carbocycles. The smallest absolute Gasteiger partial charge is 0.119 e. The van der Waals surface area contributed by atoms with Gasteiger partial charge in [0.05, 0.1) is 12.0 Å². The Morgan fingerprint density at radius 3 is 2.65 bits per heavy atom. The molecule has 1 saturated heterocycles. The summed E-state index contributed by atoms with van der Waals surface area (Å²) in [6, 6.07) is 8.93. The van der Waals surface area contributed by atoms with Gasteiger partial charge in [-0.1, -0.05) is 25.5 Å². The molecule has 3 heteroatoms. The molecule has 0 saturated carbocycles. The van der Waals surface area contributed by atoms with Crippen molar-refractivity contribution in [3.8, 4) is 5.75 Å². The first-order valence-electron chi connectivity index (χ1n) is 7.85. The average Bonchev–Trinajstić information content (AvgIpc) is 2.49. The Morgan fingerprint density at radius 1 is 1.25 bits per heavy atom. The zero-order valence-corrected chi connectivity index (χ0v) is 13.4. The van der Waals surface area contributed by atoms with E-state index in [1.54, 1.807) is 0 Å². The second-order valence-corrected chi connectivity index (χ2v) is 6.05. The van der Waals surface area contributed by atoms with Gasteiger partial charge in [-0.2, -0.15) is 0 Å². The molecule has 112 valence electrons. The van der Waals surface area contributed by atoms with Crippen LogP contribution in [0.2, 0.25) is 0 Å². The van der Waals surface area contributed by atoms with Crippen LogP contribution < -0.4 is 4.74 Å². The third-order valence-electron chi connectivity index (χ3n) is 4.17. The Kier molecular flexibility index (Phi) is 6.18. The maximum Gasteiger partial charge on any atom is 0.119 e. The summed E-state index contributed by atoms with van der Waals surface area (Å²) < 4.78 is 5.47. The standard InChI is InChI=1S/C17H26ClNO/c1-3-15-7-5-6-12-19(15)13-17(18)14-8-10-16(11-9-14)20-4-2/h8-11,15,17H,3-7,12-13H2,1-2H3. The Morgan fingerprint density at radius 2 is 2.00 bits per heavy atom. The first-order valence-corrected chi connectivity index (χ1v) is 8.29. The third kappa shape index (κ3) is 4.13. The molecule has 0 spiro atoms. The minimum absolute atomic E-state index is 0.0674. The Labute approximate surface area is 128 Å². The van der Waals surface area contributed by atoms with Crippen molar-refractivity contribution in [2.75, 3.05) is 19.7 Å². The lowest BCUT2D eigenvalue weighted by atomic mass is 9.99. The van der Waals surface area contributed by atoms with Crippen LogP contribution in [0.1, 0.15) is 50.5 Å². The maximum atomic E-state index is 6.61. The largest absolute Gasteiger partial charge is 0.494 e. The SMILES string of the molecule is CCOc1ccc(C(Cl)CN2CCCCC2CC)cc1. The Balaban J connectivity index is 1.94. The van der Waals surface area contributed by atoms with Gasteiger partial charge >= 0.3 is 0 Å².